The first kappa shape index (κ1) is 37.7. The molecule has 2 aliphatic heterocycles. The van der Waals surface area contributed by atoms with Gasteiger partial charge in [0.1, 0.15) is 22.5 Å². The fraction of sp³-hybridized carbons (Fsp3) is 0.649. The summed E-state index contributed by atoms with van der Waals surface area (Å²) in [6.45, 7) is 11.7. The van der Waals surface area contributed by atoms with E-state index in [9.17, 15) is 24.3 Å². The van der Waals surface area contributed by atoms with Crippen LogP contribution in [-0.4, -0.2) is 101 Å². The first-order valence-corrected chi connectivity index (χ1v) is 18.8. The molecule has 2 aromatic rings. The van der Waals surface area contributed by atoms with Gasteiger partial charge in [-0.1, -0.05) is 59.1 Å². The zero-order valence-corrected chi connectivity index (χ0v) is 31.0. The van der Waals surface area contributed by atoms with Gasteiger partial charge in [-0.3, -0.25) is 19.3 Å². The fourth-order valence-electron chi connectivity index (χ4n) is 7.98. The van der Waals surface area contributed by atoms with E-state index in [1.165, 1.54) is 11.3 Å². The maximum atomic E-state index is 15.0. The molecular formula is C37H53N5O7S. The van der Waals surface area contributed by atoms with Crippen LogP contribution >= 0.6 is 11.3 Å². The molecular weight excluding hydrogens is 659 g/mol. The highest BCUT2D eigenvalue weighted by Gasteiger charge is 2.47. The van der Waals surface area contributed by atoms with Gasteiger partial charge in [-0.2, -0.15) is 0 Å². The Bertz CT molecular complexity index is 1520. The molecule has 6 atom stereocenters. The zero-order chi connectivity index (χ0) is 36.2. The largest absolute Gasteiger partial charge is 0.497 e. The summed E-state index contributed by atoms with van der Waals surface area (Å²) in [6, 6.07) is 5.21. The van der Waals surface area contributed by atoms with Crippen LogP contribution in [0.15, 0.2) is 29.6 Å². The number of amides is 3. The van der Waals surface area contributed by atoms with Crippen LogP contribution in [-0.2, 0) is 14.3 Å². The van der Waals surface area contributed by atoms with Crippen molar-refractivity contribution in [1.29, 1.82) is 0 Å². The van der Waals surface area contributed by atoms with Crippen molar-refractivity contribution in [1.82, 2.24) is 25.4 Å². The Morgan fingerprint density at radius 2 is 1.82 bits per heavy atom. The van der Waals surface area contributed by atoms with Crippen molar-refractivity contribution in [2.75, 3.05) is 33.4 Å². The van der Waals surface area contributed by atoms with Crippen molar-refractivity contribution >= 4 is 35.0 Å². The van der Waals surface area contributed by atoms with Gasteiger partial charge < -0.3 is 30.1 Å². The molecule has 0 radical (unpaired) electrons. The number of aromatic nitrogens is 1. The lowest BCUT2D eigenvalue weighted by atomic mass is 9.78. The third kappa shape index (κ3) is 8.66. The van der Waals surface area contributed by atoms with Crippen LogP contribution in [0.2, 0.25) is 0 Å². The van der Waals surface area contributed by atoms with Crippen LogP contribution in [0.4, 0.5) is 4.79 Å². The zero-order valence-electron chi connectivity index (χ0n) is 30.1. The number of hydrogen-bond donors (Lipinski definition) is 3. The predicted octanol–water partition coefficient (Wildman–Crippen LogP) is 5.13. The second-order valence-electron chi connectivity index (χ2n) is 15.0. The number of piperazine rings is 1. The average Bonchev–Trinajstić information content (AvgIpc) is 3.75. The van der Waals surface area contributed by atoms with Crippen molar-refractivity contribution in [2.45, 2.75) is 103 Å². The van der Waals surface area contributed by atoms with Crippen molar-refractivity contribution in [3.63, 3.8) is 0 Å². The Morgan fingerprint density at radius 3 is 2.48 bits per heavy atom. The summed E-state index contributed by atoms with van der Waals surface area (Å²) in [6.07, 6.45) is 4.34. The van der Waals surface area contributed by atoms with E-state index < -0.39 is 35.6 Å². The minimum absolute atomic E-state index is 0.0483. The molecule has 3 N–H and O–H groups in total. The van der Waals surface area contributed by atoms with E-state index in [0.717, 1.165) is 45.1 Å². The van der Waals surface area contributed by atoms with Gasteiger partial charge in [0.25, 0.3) is 0 Å². The predicted molar refractivity (Wildman–Crippen MR) is 190 cm³/mol. The van der Waals surface area contributed by atoms with Gasteiger partial charge in [0.15, 0.2) is 0 Å². The van der Waals surface area contributed by atoms with Crippen LogP contribution in [0.5, 0.6) is 5.75 Å². The maximum absolute atomic E-state index is 15.0. The summed E-state index contributed by atoms with van der Waals surface area (Å²) >= 11 is 1.37. The molecule has 50 heavy (non-hydrogen) atoms. The number of benzene rings is 1. The molecule has 3 heterocycles. The standard InChI is InChI=1S/C37H53N5O7S/c1-7-49-27-17-25-18-42(29(20-41(25)19-27)34-38-28(21-50-34)31(43)24-14-11-15-26(16-24)48-6)35(45)30(23-12-9-8-10-13-23)39-33(44)22(2)32(37(3,4)5)40-36(46)47/h11,14-16,21-23,25,27,29-30,32,40H,7-10,12-13,17-20H2,1-6H3,(H,39,44)(H,46,47)/t22-,25+,27+,29-,30-,32?/m0/s1. The number of carboxylic acid groups (broad SMARTS) is 1. The molecule has 1 unspecified atom stereocenters. The molecule has 3 aliphatic rings. The van der Waals surface area contributed by atoms with E-state index in [0.29, 0.717) is 41.7 Å². The molecule has 12 nitrogen and oxygen atoms in total. The Balaban J connectivity index is 1.46. The number of fused-ring (bicyclic) bond motifs is 1. The van der Waals surface area contributed by atoms with Gasteiger partial charge in [-0.25, -0.2) is 9.78 Å². The van der Waals surface area contributed by atoms with Crippen LogP contribution in [0.3, 0.4) is 0 Å². The van der Waals surface area contributed by atoms with Crippen molar-refractivity contribution in [3.8, 4) is 5.75 Å². The summed E-state index contributed by atoms with van der Waals surface area (Å²) in [5.74, 6) is -0.916. The van der Waals surface area contributed by atoms with Crippen molar-refractivity contribution in [2.24, 2.45) is 17.3 Å². The Morgan fingerprint density at radius 1 is 1.08 bits per heavy atom. The van der Waals surface area contributed by atoms with E-state index in [1.807, 2.05) is 32.6 Å². The lowest BCUT2D eigenvalue weighted by Gasteiger charge is -2.45. The molecule has 1 aromatic heterocycles. The average molecular weight is 712 g/mol. The van der Waals surface area contributed by atoms with Crippen molar-refractivity contribution in [3.05, 3.63) is 45.9 Å². The maximum Gasteiger partial charge on any atom is 0.404 e. The summed E-state index contributed by atoms with van der Waals surface area (Å²) in [5.41, 5.74) is 0.245. The summed E-state index contributed by atoms with van der Waals surface area (Å²) in [4.78, 5) is 63.2. The number of thiazole rings is 1. The lowest BCUT2D eigenvalue weighted by Crippen LogP contribution is -2.61. The van der Waals surface area contributed by atoms with Crippen LogP contribution in [0.25, 0.3) is 0 Å². The topological polar surface area (TPSA) is 150 Å². The second kappa shape index (κ2) is 16.2. The SMILES string of the molecule is CCO[C@@H]1C[C@@H]2CN(C(=O)[C@@H](NC(=O)[C@@H](C)C(NC(=O)O)C(C)(C)C)C3CCCCC3)[C@H](c3nc(C(=O)c4cccc(OC)c4)cs3)CN2C1. The number of hydrogen-bond acceptors (Lipinski definition) is 9. The molecule has 13 heteroatoms. The molecule has 3 fully saturated rings. The first-order chi connectivity index (χ1) is 23.8. The van der Waals surface area contributed by atoms with Gasteiger partial charge in [-0.05, 0) is 49.7 Å². The number of nitrogens with one attached hydrogen (secondary N) is 2. The molecule has 1 saturated carbocycles. The Kier molecular flexibility index (Phi) is 12.2. The van der Waals surface area contributed by atoms with Gasteiger partial charge in [0, 0.05) is 49.3 Å². The fourth-order valence-corrected chi connectivity index (χ4v) is 8.88. The highest BCUT2D eigenvalue weighted by Crippen LogP contribution is 2.37. The molecule has 0 spiro atoms. The first-order valence-electron chi connectivity index (χ1n) is 17.9. The van der Waals surface area contributed by atoms with E-state index in [4.69, 9.17) is 14.5 Å². The Hall–Kier alpha value is -3.55. The van der Waals surface area contributed by atoms with Gasteiger partial charge >= 0.3 is 6.09 Å². The third-order valence-corrected chi connectivity index (χ3v) is 11.5. The van der Waals surface area contributed by atoms with Gasteiger partial charge in [-0.15, -0.1) is 11.3 Å². The second-order valence-corrected chi connectivity index (χ2v) is 15.9. The van der Waals surface area contributed by atoms with E-state index in [1.54, 1.807) is 43.7 Å². The molecule has 2 saturated heterocycles. The number of methoxy groups -OCH3 is 1. The van der Waals surface area contributed by atoms with E-state index in [-0.39, 0.29) is 35.7 Å². The van der Waals surface area contributed by atoms with Crippen LogP contribution in [0, 0.1) is 17.3 Å². The molecule has 274 valence electrons. The monoisotopic (exact) mass is 711 g/mol. The Labute approximate surface area is 299 Å². The molecule has 1 aromatic carbocycles. The van der Waals surface area contributed by atoms with E-state index in [2.05, 4.69) is 15.5 Å². The normalized spacial score (nSPS) is 23.4. The van der Waals surface area contributed by atoms with Crippen molar-refractivity contribution < 1.29 is 33.8 Å². The highest BCUT2D eigenvalue weighted by molar-refractivity contribution is 7.10. The molecule has 3 amide bonds. The van der Waals surface area contributed by atoms with Crippen LogP contribution in [0.1, 0.15) is 100 Å². The summed E-state index contributed by atoms with van der Waals surface area (Å²) < 4.78 is 11.3. The number of nitrogens with zero attached hydrogens (tertiary/aromatic N) is 3. The number of ketones is 1. The minimum atomic E-state index is -1.19. The van der Waals surface area contributed by atoms with Gasteiger partial charge in [0.2, 0.25) is 17.6 Å². The van der Waals surface area contributed by atoms with Gasteiger partial charge in [0.05, 0.1) is 25.2 Å². The molecule has 0 bridgehead atoms. The van der Waals surface area contributed by atoms with Crippen LogP contribution < -0.4 is 15.4 Å². The number of carbonyl (C=O) groups is 4. The third-order valence-electron chi connectivity index (χ3n) is 10.5. The molecule has 1 aliphatic carbocycles. The number of carbonyl (C=O) groups excluding carboxylic acids is 3. The summed E-state index contributed by atoms with van der Waals surface area (Å²) in [5, 5.41) is 17.7. The number of rotatable bonds is 12. The lowest BCUT2D eigenvalue weighted by molar-refractivity contribution is -0.145. The molecule has 5 rings (SSSR count). The van der Waals surface area contributed by atoms with E-state index >= 15 is 0 Å². The highest BCUT2D eigenvalue weighted by atomic mass is 32.1. The number of ether oxygens (including phenoxy) is 2. The minimum Gasteiger partial charge on any atom is -0.497 e. The summed E-state index contributed by atoms with van der Waals surface area (Å²) in [7, 11) is 1.56. The quantitative estimate of drug-likeness (QED) is 0.255. The smallest absolute Gasteiger partial charge is 0.404 e.